The van der Waals surface area contributed by atoms with Crippen LogP contribution in [0.15, 0.2) is 29.2 Å². The van der Waals surface area contributed by atoms with E-state index in [2.05, 4.69) is 4.72 Å². The zero-order valence-corrected chi connectivity index (χ0v) is 16.5. The van der Waals surface area contributed by atoms with Crippen LogP contribution in [0.3, 0.4) is 0 Å². The first-order valence-corrected chi connectivity index (χ1v) is 11.4. The van der Waals surface area contributed by atoms with Crippen molar-refractivity contribution in [2.75, 3.05) is 32.8 Å². The summed E-state index contributed by atoms with van der Waals surface area (Å²) in [5, 5.41) is 0. The summed E-state index contributed by atoms with van der Waals surface area (Å²) in [4.78, 5) is 15.0. The molecule has 0 bridgehead atoms. The van der Waals surface area contributed by atoms with Gasteiger partial charge in [-0.05, 0) is 55.2 Å². The number of carbonyl (C=O) groups excluding carboxylic acids is 1. The molecule has 1 spiro atoms. The van der Waals surface area contributed by atoms with Crippen LogP contribution in [0.25, 0.3) is 0 Å². The van der Waals surface area contributed by atoms with Gasteiger partial charge in [0.05, 0.1) is 11.5 Å². The van der Waals surface area contributed by atoms with E-state index in [4.69, 9.17) is 4.74 Å². The second-order valence-electron chi connectivity index (χ2n) is 8.29. The molecule has 0 unspecified atom stereocenters. The van der Waals surface area contributed by atoms with Crippen molar-refractivity contribution in [2.24, 2.45) is 11.3 Å². The predicted molar refractivity (Wildman–Crippen MR) is 102 cm³/mol. The number of amides is 1. The maximum atomic E-state index is 12.9. The molecule has 1 amide bonds. The molecule has 2 saturated heterocycles. The molecule has 3 fully saturated rings. The molecule has 7 heteroatoms. The average molecular weight is 393 g/mol. The first kappa shape index (κ1) is 18.9. The zero-order chi connectivity index (χ0) is 18.9. The number of sulfonamides is 1. The van der Waals surface area contributed by atoms with E-state index in [1.807, 2.05) is 4.90 Å². The summed E-state index contributed by atoms with van der Waals surface area (Å²) in [6, 6.07) is 6.43. The Morgan fingerprint density at radius 3 is 2.81 bits per heavy atom. The van der Waals surface area contributed by atoms with Gasteiger partial charge in [0.15, 0.2) is 0 Å². The second kappa shape index (κ2) is 7.53. The van der Waals surface area contributed by atoms with E-state index >= 15 is 0 Å². The summed E-state index contributed by atoms with van der Waals surface area (Å²) in [5.41, 5.74) is 0.765. The Balaban J connectivity index is 1.44. The largest absolute Gasteiger partial charge is 0.381 e. The van der Waals surface area contributed by atoms with Crippen molar-refractivity contribution in [3.05, 3.63) is 29.8 Å². The van der Waals surface area contributed by atoms with Crippen LogP contribution < -0.4 is 4.72 Å². The first-order chi connectivity index (χ1) is 13.0. The van der Waals surface area contributed by atoms with Crippen molar-refractivity contribution >= 4 is 15.9 Å². The van der Waals surface area contributed by atoms with Gasteiger partial charge >= 0.3 is 0 Å². The minimum absolute atomic E-state index is 0.0555. The van der Waals surface area contributed by atoms with Crippen LogP contribution >= 0.6 is 0 Å². The SMILES string of the molecule is O=C(c1cccc(S(=O)(=O)NC[C@@H]2CCOC2)c1)N1CCC2(CCCC2)C1. The quantitative estimate of drug-likeness (QED) is 0.835. The van der Waals surface area contributed by atoms with Gasteiger partial charge in [0.1, 0.15) is 0 Å². The molecule has 0 radical (unpaired) electrons. The van der Waals surface area contributed by atoms with Crippen molar-refractivity contribution in [1.29, 1.82) is 0 Å². The van der Waals surface area contributed by atoms with Gasteiger partial charge in [-0.2, -0.15) is 0 Å². The van der Waals surface area contributed by atoms with Gasteiger partial charge in [-0.25, -0.2) is 13.1 Å². The third-order valence-corrected chi connectivity index (χ3v) is 7.79. The van der Waals surface area contributed by atoms with Crippen molar-refractivity contribution in [2.45, 2.75) is 43.4 Å². The van der Waals surface area contributed by atoms with Crippen LogP contribution in [0, 0.1) is 11.3 Å². The fraction of sp³-hybridized carbons (Fsp3) is 0.650. The van der Waals surface area contributed by atoms with E-state index in [1.54, 1.807) is 18.2 Å². The van der Waals surface area contributed by atoms with Crippen LogP contribution in [0.5, 0.6) is 0 Å². The highest BCUT2D eigenvalue weighted by atomic mass is 32.2. The second-order valence-corrected chi connectivity index (χ2v) is 10.1. The number of likely N-dealkylation sites (tertiary alicyclic amines) is 1. The van der Waals surface area contributed by atoms with Gasteiger partial charge in [-0.15, -0.1) is 0 Å². The van der Waals surface area contributed by atoms with Crippen molar-refractivity contribution in [1.82, 2.24) is 9.62 Å². The van der Waals surface area contributed by atoms with E-state index in [9.17, 15) is 13.2 Å². The first-order valence-electron chi connectivity index (χ1n) is 9.94. The van der Waals surface area contributed by atoms with E-state index in [0.29, 0.717) is 30.7 Å². The third-order valence-electron chi connectivity index (χ3n) is 6.37. The fourth-order valence-electron chi connectivity index (χ4n) is 4.68. The molecule has 148 valence electrons. The van der Waals surface area contributed by atoms with Crippen LogP contribution in [-0.4, -0.2) is 52.1 Å². The number of hydrogen-bond donors (Lipinski definition) is 1. The molecule has 1 aliphatic carbocycles. The number of ether oxygens (including phenoxy) is 1. The van der Waals surface area contributed by atoms with E-state index in [1.165, 1.54) is 31.7 Å². The molecule has 3 aliphatic rings. The molecular weight excluding hydrogens is 364 g/mol. The summed E-state index contributed by atoms with van der Waals surface area (Å²) in [6.07, 6.45) is 6.88. The topological polar surface area (TPSA) is 75.7 Å². The van der Waals surface area contributed by atoms with Crippen molar-refractivity contribution < 1.29 is 17.9 Å². The lowest BCUT2D eigenvalue weighted by molar-refractivity contribution is 0.0773. The summed E-state index contributed by atoms with van der Waals surface area (Å²) < 4.78 is 33.2. The summed E-state index contributed by atoms with van der Waals surface area (Å²) in [6.45, 7) is 3.24. The number of nitrogens with zero attached hydrogens (tertiary/aromatic N) is 1. The van der Waals surface area contributed by atoms with Crippen LogP contribution in [0.2, 0.25) is 0 Å². The molecular formula is C20H28N2O4S. The maximum absolute atomic E-state index is 12.9. The minimum Gasteiger partial charge on any atom is -0.381 e. The van der Waals surface area contributed by atoms with E-state index in [0.717, 1.165) is 25.9 Å². The molecule has 1 aromatic rings. The molecule has 4 rings (SSSR count). The lowest BCUT2D eigenvalue weighted by Crippen LogP contribution is -2.32. The van der Waals surface area contributed by atoms with Gasteiger partial charge in [0.2, 0.25) is 10.0 Å². The van der Waals surface area contributed by atoms with Gasteiger partial charge in [-0.3, -0.25) is 4.79 Å². The monoisotopic (exact) mass is 392 g/mol. The maximum Gasteiger partial charge on any atom is 0.253 e. The lowest BCUT2D eigenvalue weighted by Gasteiger charge is -2.23. The Bertz CT molecular complexity index is 796. The summed E-state index contributed by atoms with van der Waals surface area (Å²) in [7, 11) is -3.63. The van der Waals surface area contributed by atoms with Crippen molar-refractivity contribution in [3.8, 4) is 0 Å². The molecule has 1 saturated carbocycles. The van der Waals surface area contributed by atoms with Crippen LogP contribution in [0.4, 0.5) is 0 Å². The molecule has 2 aliphatic heterocycles. The lowest BCUT2D eigenvalue weighted by atomic mass is 9.86. The van der Waals surface area contributed by atoms with Crippen LogP contribution in [-0.2, 0) is 14.8 Å². The Labute approximate surface area is 161 Å². The Morgan fingerprint density at radius 2 is 2.07 bits per heavy atom. The third kappa shape index (κ3) is 4.05. The zero-order valence-electron chi connectivity index (χ0n) is 15.7. The minimum atomic E-state index is -3.63. The molecule has 27 heavy (non-hydrogen) atoms. The van der Waals surface area contributed by atoms with Gasteiger partial charge in [0, 0.05) is 31.8 Å². The number of rotatable bonds is 5. The fourth-order valence-corrected chi connectivity index (χ4v) is 5.84. The number of nitrogens with one attached hydrogen (secondary N) is 1. The van der Waals surface area contributed by atoms with Gasteiger partial charge in [0.25, 0.3) is 5.91 Å². The predicted octanol–water partition coefficient (Wildman–Crippen LogP) is 2.41. The van der Waals surface area contributed by atoms with E-state index < -0.39 is 10.0 Å². The highest BCUT2D eigenvalue weighted by Crippen LogP contribution is 2.45. The van der Waals surface area contributed by atoms with Gasteiger partial charge in [-0.1, -0.05) is 18.9 Å². The smallest absolute Gasteiger partial charge is 0.253 e. The number of benzene rings is 1. The number of hydrogen-bond acceptors (Lipinski definition) is 4. The van der Waals surface area contributed by atoms with Crippen molar-refractivity contribution in [3.63, 3.8) is 0 Å². The highest BCUT2D eigenvalue weighted by molar-refractivity contribution is 7.89. The van der Waals surface area contributed by atoms with Crippen LogP contribution in [0.1, 0.15) is 48.9 Å². The molecule has 6 nitrogen and oxygen atoms in total. The summed E-state index contributed by atoms with van der Waals surface area (Å²) >= 11 is 0. The Hall–Kier alpha value is -1.44. The Morgan fingerprint density at radius 1 is 1.26 bits per heavy atom. The number of carbonyl (C=O) groups is 1. The van der Waals surface area contributed by atoms with Gasteiger partial charge < -0.3 is 9.64 Å². The van der Waals surface area contributed by atoms with E-state index in [-0.39, 0.29) is 16.7 Å². The molecule has 0 aromatic heterocycles. The molecule has 1 N–H and O–H groups in total. The summed E-state index contributed by atoms with van der Waals surface area (Å²) in [5.74, 6) is 0.164. The Kier molecular flexibility index (Phi) is 5.27. The normalized spacial score (nSPS) is 24.7. The molecule has 1 aromatic carbocycles. The highest BCUT2D eigenvalue weighted by Gasteiger charge is 2.41. The molecule has 2 heterocycles. The standard InChI is InChI=1S/C20H28N2O4S/c23-19(22-10-9-20(15-22)7-1-2-8-20)17-4-3-5-18(12-17)27(24,25)21-13-16-6-11-26-14-16/h3-5,12,16,21H,1-2,6-11,13-15H2/t16-/m0/s1. The average Bonchev–Trinajstić information content (AvgIpc) is 3.43. The molecule has 1 atom stereocenters.